The van der Waals surface area contributed by atoms with Crippen LogP contribution < -0.4 is 20.5 Å². The maximum absolute atomic E-state index is 12.1. The molecule has 0 radical (unpaired) electrons. The van der Waals surface area contributed by atoms with Crippen LogP contribution in [0.3, 0.4) is 0 Å². The molecule has 5 nitrogen and oxygen atoms in total. The summed E-state index contributed by atoms with van der Waals surface area (Å²) in [6.45, 7) is 8.45. The van der Waals surface area contributed by atoms with Crippen LogP contribution in [0.25, 0.3) is 32.0 Å². The molecule has 2 heterocycles. The smallest absolute Gasteiger partial charge is 0.268 e. The highest BCUT2D eigenvalue weighted by atomic mass is 32.2. The molecule has 5 aromatic rings. The summed E-state index contributed by atoms with van der Waals surface area (Å²) in [5.41, 5.74) is 4.56. The molecule has 1 unspecified atom stereocenters. The van der Waals surface area contributed by atoms with Gasteiger partial charge in [0.25, 0.3) is 5.43 Å². The first-order valence-corrected chi connectivity index (χ1v) is 18.6. The predicted molar refractivity (Wildman–Crippen MR) is 198 cm³/mol. The fourth-order valence-electron chi connectivity index (χ4n) is 6.25. The fourth-order valence-corrected chi connectivity index (χ4v) is 8.47. The lowest BCUT2D eigenvalue weighted by Gasteiger charge is -2.33. The van der Waals surface area contributed by atoms with Crippen molar-refractivity contribution in [3.8, 4) is 43.5 Å². The second-order valence-electron chi connectivity index (χ2n) is 12.5. The number of nitrogens with zero attached hydrogens (tertiary/aromatic N) is 1. The number of hydrogen-bond donors (Lipinski definition) is 1. The molecule has 0 spiro atoms. The van der Waals surface area contributed by atoms with Gasteiger partial charge in [0, 0.05) is 26.1 Å². The van der Waals surface area contributed by atoms with Crippen molar-refractivity contribution >= 4 is 34.5 Å². The minimum atomic E-state index is -0.801. The predicted octanol–water partition coefficient (Wildman–Crippen LogP) is 10.8. The zero-order chi connectivity index (χ0) is 32.9. The molecule has 1 atom stereocenters. The van der Waals surface area contributed by atoms with Crippen molar-refractivity contribution in [3.05, 3.63) is 93.2 Å². The van der Waals surface area contributed by atoms with Crippen LogP contribution in [0, 0.1) is 5.92 Å². The molecule has 1 aliphatic rings. The van der Waals surface area contributed by atoms with E-state index in [4.69, 9.17) is 4.74 Å². The van der Waals surface area contributed by atoms with E-state index in [2.05, 4.69) is 86.3 Å². The topological polar surface area (TPSA) is 66.8 Å². The zero-order valence-corrected chi connectivity index (χ0v) is 29.1. The van der Waals surface area contributed by atoms with Crippen molar-refractivity contribution in [2.24, 2.45) is 5.92 Å². The van der Waals surface area contributed by atoms with Crippen LogP contribution in [0.1, 0.15) is 72.1 Å². The van der Waals surface area contributed by atoms with Crippen LogP contribution in [0.2, 0.25) is 0 Å². The highest BCUT2D eigenvalue weighted by Gasteiger charge is 2.26. The maximum Gasteiger partial charge on any atom is 0.268 e. The van der Waals surface area contributed by atoms with Crippen LogP contribution in [0.5, 0.6) is 11.5 Å². The largest absolute Gasteiger partial charge is 0.503 e. The highest BCUT2D eigenvalue weighted by Crippen LogP contribution is 2.51. The van der Waals surface area contributed by atoms with Gasteiger partial charge in [-0.2, -0.15) is 0 Å². The normalized spacial score (nSPS) is 13.0. The van der Waals surface area contributed by atoms with Gasteiger partial charge in [-0.25, -0.2) is 0 Å². The van der Waals surface area contributed by atoms with E-state index >= 15 is 0 Å². The lowest BCUT2D eigenvalue weighted by molar-refractivity contribution is 0.233. The summed E-state index contributed by atoms with van der Waals surface area (Å²) in [5, 5.41) is 9.96. The van der Waals surface area contributed by atoms with Gasteiger partial charge in [0.2, 0.25) is 5.43 Å². The van der Waals surface area contributed by atoms with E-state index in [9.17, 15) is 14.7 Å². The number of benzene rings is 3. The van der Waals surface area contributed by atoms with Gasteiger partial charge in [-0.15, -0.1) is 11.3 Å². The van der Waals surface area contributed by atoms with Crippen molar-refractivity contribution < 1.29 is 9.84 Å². The average Bonchev–Trinajstić information content (AvgIpc) is 3.58. The Bertz CT molecular complexity index is 1900. The van der Waals surface area contributed by atoms with Crippen LogP contribution in [-0.2, 0) is 0 Å². The van der Waals surface area contributed by atoms with Gasteiger partial charge in [-0.3, -0.25) is 9.59 Å². The molecule has 0 fully saturated rings. The van der Waals surface area contributed by atoms with Crippen molar-refractivity contribution in [1.82, 2.24) is 0 Å². The summed E-state index contributed by atoms with van der Waals surface area (Å²) in [4.78, 5) is 30.1. The SMILES string of the molecule is CCCCCCN1c2ccc(-c3ccc(OCC(CC)CCCC)cc3)cc2Sc2cc(-c3ccc(-c4c(O)c(=O)c4=O)s3)ccc21. The number of aromatic hydroxyl groups is 1. The van der Waals surface area contributed by atoms with E-state index in [1.807, 2.05) is 12.1 Å². The summed E-state index contributed by atoms with van der Waals surface area (Å²) in [5.74, 6) is 1.10. The Labute approximate surface area is 285 Å². The first-order valence-electron chi connectivity index (χ1n) is 17.0. The lowest BCUT2D eigenvalue weighted by atomic mass is 10.0. The molecule has 0 aliphatic carbocycles. The van der Waals surface area contributed by atoms with Gasteiger partial charge in [-0.1, -0.05) is 95.3 Å². The third-order valence-corrected chi connectivity index (χ3v) is 11.4. The number of thiophene rings is 1. The molecule has 4 aromatic carbocycles. The number of unbranched alkanes of at least 4 members (excludes halogenated alkanes) is 4. The second-order valence-corrected chi connectivity index (χ2v) is 14.6. The fraction of sp³-hybridized carbons (Fsp3) is 0.350. The molecule has 47 heavy (non-hydrogen) atoms. The van der Waals surface area contributed by atoms with Crippen molar-refractivity contribution in [1.29, 1.82) is 0 Å². The number of fused-ring (bicyclic) bond motifs is 2. The molecule has 7 heteroatoms. The van der Waals surface area contributed by atoms with Crippen molar-refractivity contribution in [2.45, 2.75) is 81.9 Å². The second kappa shape index (κ2) is 15.0. The Balaban J connectivity index is 1.25. The molecule has 0 saturated carbocycles. The minimum absolute atomic E-state index is 0.134. The van der Waals surface area contributed by atoms with Gasteiger partial charge in [0.1, 0.15) is 5.75 Å². The quantitative estimate of drug-likeness (QED) is 0.0887. The summed E-state index contributed by atoms with van der Waals surface area (Å²) in [6, 6.07) is 25.6. The third kappa shape index (κ3) is 7.07. The Kier molecular flexibility index (Phi) is 10.5. The molecule has 0 amide bonds. The first kappa shape index (κ1) is 33.1. The van der Waals surface area contributed by atoms with Crippen molar-refractivity contribution in [3.63, 3.8) is 0 Å². The van der Waals surface area contributed by atoms with E-state index in [0.717, 1.165) is 42.2 Å². The van der Waals surface area contributed by atoms with E-state index in [-0.39, 0.29) is 5.56 Å². The standard InChI is InChI=1S/C40H43NO4S2/c1-4-7-9-10-22-41-31-18-14-28(27-12-16-30(17-13-27)45-25-26(6-3)11-8-5-2)23-35(31)47-36-24-29(15-19-32(36)41)33-20-21-34(46-33)37-38(42)40(44)39(37)43/h12-21,23-24,26,42H,4-11,22,25H2,1-3H3. The Morgan fingerprint density at radius 2 is 1.38 bits per heavy atom. The zero-order valence-electron chi connectivity index (χ0n) is 27.5. The van der Waals surface area contributed by atoms with Gasteiger partial charge >= 0.3 is 0 Å². The van der Waals surface area contributed by atoms with Crippen LogP contribution >= 0.6 is 23.1 Å². The molecular weight excluding hydrogens is 623 g/mol. The van der Waals surface area contributed by atoms with Gasteiger partial charge in [-0.05, 0) is 84.0 Å². The molecule has 1 aromatic heterocycles. The van der Waals surface area contributed by atoms with Gasteiger partial charge in [0.15, 0.2) is 5.75 Å². The summed E-state index contributed by atoms with van der Waals surface area (Å²) < 4.78 is 6.18. The summed E-state index contributed by atoms with van der Waals surface area (Å²) in [6.07, 6.45) is 9.61. The van der Waals surface area contributed by atoms with Gasteiger partial charge in [0.05, 0.1) is 23.5 Å². The number of rotatable bonds is 15. The molecule has 1 N–H and O–H groups in total. The van der Waals surface area contributed by atoms with Crippen LogP contribution in [-0.4, -0.2) is 18.3 Å². The minimum Gasteiger partial charge on any atom is -0.503 e. The Morgan fingerprint density at radius 3 is 2.06 bits per heavy atom. The summed E-state index contributed by atoms with van der Waals surface area (Å²) >= 11 is 3.21. The Hall–Kier alpha value is -3.81. The molecule has 6 rings (SSSR count). The van der Waals surface area contributed by atoms with E-state index in [0.29, 0.717) is 10.8 Å². The molecule has 0 bridgehead atoms. The third-order valence-electron chi connectivity index (χ3n) is 9.20. The summed E-state index contributed by atoms with van der Waals surface area (Å²) in [7, 11) is 0. The molecule has 1 aliphatic heterocycles. The molecule has 244 valence electrons. The van der Waals surface area contributed by atoms with Crippen LogP contribution in [0.15, 0.2) is 92.2 Å². The highest BCUT2D eigenvalue weighted by molar-refractivity contribution is 7.99. The number of anilines is 2. The van der Waals surface area contributed by atoms with E-state index in [1.54, 1.807) is 11.8 Å². The molecular formula is C40H43NO4S2. The Morgan fingerprint density at radius 1 is 0.723 bits per heavy atom. The van der Waals surface area contributed by atoms with E-state index in [1.165, 1.54) is 82.2 Å². The number of hydrogen-bond acceptors (Lipinski definition) is 7. The van der Waals surface area contributed by atoms with E-state index < -0.39 is 16.6 Å². The van der Waals surface area contributed by atoms with Crippen LogP contribution in [0.4, 0.5) is 11.4 Å². The van der Waals surface area contributed by atoms with Crippen molar-refractivity contribution in [2.75, 3.05) is 18.1 Å². The number of ether oxygens (including phenoxy) is 1. The first-order chi connectivity index (χ1) is 22.9. The molecule has 0 saturated heterocycles. The van der Waals surface area contributed by atoms with Gasteiger partial charge < -0.3 is 14.7 Å². The monoisotopic (exact) mass is 665 g/mol. The lowest BCUT2D eigenvalue weighted by Crippen LogP contribution is -2.31. The average molecular weight is 666 g/mol. The maximum atomic E-state index is 12.1.